The van der Waals surface area contributed by atoms with E-state index < -0.39 is 18.0 Å². The number of amides is 1. The van der Waals surface area contributed by atoms with Crippen LogP contribution in [0.2, 0.25) is 0 Å². The highest BCUT2D eigenvalue weighted by Crippen LogP contribution is 2.44. The maximum Gasteiger partial charge on any atom is 0.407 e. The van der Waals surface area contributed by atoms with Crippen LogP contribution >= 0.6 is 0 Å². The molecule has 0 heterocycles. The number of benzene rings is 2. The van der Waals surface area contributed by atoms with E-state index in [-0.39, 0.29) is 19.1 Å². The Bertz CT molecular complexity index is 895. The SMILES string of the molecule is CC1CCCCC1CC(CNC(=O)OCC1c2ccccc2-c2ccccc21)C(=O)O. The molecule has 1 amide bonds. The number of fused-ring (bicyclic) bond motifs is 3. The molecule has 2 aliphatic carbocycles. The summed E-state index contributed by atoms with van der Waals surface area (Å²) < 4.78 is 5.54. The third kappa shape index (κ3) is 4.76. The Morgan fingerprint density at radius 1 is 1.03 bits per heavy atom. The van der Waals surface area contributed by atoms with Crippen LogP contribution in [0, 0.1) is 17.8 Å². The summed E-state index contributed by atoms with van der Waals surface area (Å²) in [4.78, 5) is 24.1. The molecule has 1 fully saturated rings. The Kier molecular flexibility index (Phi) is 6.59. The van der Waals surface area contributed by atoms with Crippen LogP contribution in [-0.2, 0) is 9.53 Å². The number of aliphatic carboxylic acids is 1. The van der Waals surface area contributed by atoms with Gasteiger partial charge in [0, 0.05) is 12.5 Å². The molecule has 31 heavy (non-hydrogen) atoms. The van der Waals surface area contributed by atoms with Gasteiger partial charge >= 0.3 is 12.1 Å². The summed E-state index contributed by atoms with van der Waals surface area (Å²) >= 11 is 0. The number of rotatable bonds is 7. The Labute approximate surface area is 183 Å². The highest BCUT2D eigenvalue weighted by molar-refractivity contribution is 5.79. The first-order valence-corrected chi connectivity index (χ1v) is 11.4. The molecule has 0 aliphatic heterocycles. The lowest BCUT2D eigenvalue weighted by Gasteiger charge is -2.30. The second kappa shape index (κ2) is 9.54. The summed E-state index contributed by atoms with van der Waals surface area (Å²) in [7, 11) is 0. The highest BCUT2D eigenvalue weighted by Gasteiger charge is 2.30. The second-order valence-electron chi connectivity index (χ2n) is 9.00. The number of hydrogen-bond acceptors (Lipinski definition) is 3. The summed E-state index contributed by atoms with van der Waals surface area (Å²) in [5.41, 5.74) is 4.68. The number of carbonyl (C=O) groups is 2. The zero-order valence-electron chi connectivity index (χ0n) is 18.0. The molecule has 1 saturated carbocycles. The summed E-state index contributed by atoms with van der Waals surface area (Å²) in [5.74, 6) is -0.469. The molecule has 3 unspecified atom stereocenters. The summed E-state index contributed by atoms with van der Waals surface area (Å²) in [5, 5.41) is 12.3. The highest BCUT2D eigenvalue weighted by atomic mass is 16.5. The number of hydrogen-bond donors (Lipinski definition) is 2. The number of carboxylic acid groups (broad SMARTS) is 1. The fourth-order valence-electron chi connectivity index (χ4n) is 5.24. The molecule has 4 rings (SSSR count). The van der Waals surface area contributed by atoms with Crippen LogP contribution in [0.1, 0.15) is 56.1 Å². The summed E-state index contributed by atoms with van der Waals surface area (Å²) in [6.07, 6.45) is 4.70. The second-order valence-corrected chi connectivity index (χ2v) is 9.00. The summed E-state index contributed by atoms with van der Waals surface area (Å²) in [6.45, 7) is 2.55. The van der Waals surface area contributed by atoms with E-state index in [0.29, 0.717) is 18.3 Å². The van der Waals surface area contributed by atoms with E-state index in [1.807, 2.05) is 24.3 Å². The standard InChI is InChI=1S/C26H31NO4/c1-17-8-2-3-9-18(17)14-19(25(28)29)15-27-26(30)31-16-24-22-12-6-4-10-20(22)21-11-5-7-13-23(21)24/h4-7,10-13,17-19,24H,2-3,8-9,14-16H2,1H3,(H,27,30)(H,28,29). The number of alkyl carbamates (subject to hydrolysis) is 1. The molecular formula is C26H31NO4. The minimum Gasteiger partial charge on any atom is -0.481 e. The zero-order chi connectivity index (χ0) is 21.8. The molecule has 2 aromatic rings. The van der Waals surface area contributed by atoms with E-state index in [4.69, 9.17) is 4.74 Å². The average molecular weight is 422 g/mol. The van der Waals surface area contributed by atoms with Crippen molar-refractivity contribution >= 4 is 12.1 Å². The Morgan fingerprint density at radius 2 is 1.65 bits per heavy atom. The van der Waals surface area contributed by atoms with E-state index in [1.165, 1.54) is 24.0 Å². The number of carbonyl (C=O) groups excluding carboxylic acids is 1. The minimum absolute atomic E-state index is 0.00323. The van der Waals surface area contributed by atoms with Gasteiger partial charge < -0.3 is 15.2 Å². The fourth-order valence-corrected chi connectivity index (χ4v) is 5.24. The lowest BCUT2D eigenvalue weighted by atomic mass is 9.76. The topological polar surface area (TPSA) is 75.6 Å². The van der Waals surface area contributed by atoms with Gasteiger partial charge in [0.2, 0.25) is 0 Å². The van der Waals surface area contributed by atoms with Crippen molar-refractivity contribution in [3.8, 4) is 11.1 Å². The molecule has 5 heteroatoms. The van der Waals surface area contributed by atoms with Crippen LogP contribution in [0.25, 0.3) is 11.1 Å². The van der Waals surface area contributed by atoms with E-state index in [0.717, 1.165) is 24.0 Å². The smallest absolute Gasteiger partial charge is 0.407 e. The molecule has 0 spiro atoms. The van der Waals surface area contributed by atoms with Crippen molar-refractivity contribution in [3.05, 3.63) is 59.7 Å². The first-order chi connectivity index (χ1) is 15.0. The zero-order valence-corrected chi connectivity index (χ0v) is 18.0. The van der Waals surface area contributed by atoms with Gasteiger partial charge in [-0.2, -0.15) is 0 Å². The van der Waals surface area contributed by atoms with Gasteiger partial charge in [0.25, 0.3) is 0 Å². The van der Waals surface area contributed by atoms with Crippen LogP contribution in [0.3, 0.4) is 0 Å². The van der Waals surface area contributed by atoms with Gasteiger partial charge in [0.05, 0.1) is 5.92 Å². The first kappa shape index (κ1) is 21.4. The van der Waals surface area contributed by atoms with Gasteiger partial charge in [-0.25, -0.2) is 4.79 Å². The predicted octanol–water partition coefficient (Wildman–Crippen LogP) is 5.44. The van der Waals surface area contributed by atoms with Crippen molar-refractivity contribution in [3.63, 3.8) is 0 Å². The van der Waals surface area contributed by atoms with E-state index in [2.05, 4.69) is 36.5 Å². The van der Waals surface area contributed by atoms with Crippen molar-refractivity contribution < 1.29 is 19.4 Å². The van der Waals surface area contributed by atoms with Gasteiger partial charge in [-0.1, -0.05) is 81.1 Å². The Morgan fingerprint density at radius 3 is 2.26 bits per heavy atom. The molecule has 3 atom stereocenters. The van der Waals surface area contributed by atoms with E-state index in [1.54, 1.807) is 0 Å². The largest absolute Gasteiger partial charge is 0.481 e. The maximum atomic E-state index is 12.4. The molecule has 2 aliphatic rings. The molecule has 164 valence electrons. The summed E-state index contributed by atoms with van der Waals surface area (Å²) in [6, 6.07) is 16.4. The molecular weight excluding hydrogens is 390 g/mol. The monoisotopic (exact) mass is 421 g/mol. The van der Waals surface area contributed by atoms with Gasteiger partial charge in [0.1, 0.15) is 6.61 Å². The minimum atomic E-state index is -0.850. The molecule has 2 aromatic carbocycles. The molecule has 0 aromatic heterocycles. The molecule has 0 saturated heterocycles. The quantitative estimate of drug-likeness (QED) is 0.624. The van der Waals surface area contributed by atoms with Crippen LogP contribution in [0.4, 0.5) is 4.79 Å². The molecule has 0 bridgehead atoms. The predicted molar refractivity (Wildman–Crippen MR) is 120 cm³/mol. The fraction of sp³-hybridized carbons (Fsp3) is 0.462. The molecule has 0 radical (unpaired) electrons. The van der Waals surface area contributed by atoms with E-state index in [9.17, 15) is 14.7 Å². The lowest BCUT2D eigenvalue weighted by Crippen LogP contribution is -2.36. The third-order valence-corrected chi connectivity index (χ3v) is 7.06. The third-order valence-electron chi connectivity index (χ3n) is 7.06. The van der Waals surface area contributed by atoms with Crippen LogP contribution < -0.4 is 5.32 Å². The van der Waals surface area contributed by atoms with Gasteiger partial charge in [0.15, 0.2) is 0 Å². The van der Waals surface area contributed by atoms with Crippen molar-refractivity contribution in [1.29, 1.82) is 0 Å². The normalized spacial score (nSPS) is 21.1. The van der Waals surface area contributed by atoms with Crippen molar-refractivity contribution in [2.24, 2.45) is 17.8 Å². The Hall–Kier alpha value is -2.82. The van der Waals surface area contributed by atoms with Gasteiger partial charge in [-0.05, 0) is 40.5 Å². The number of nitrogens with one attached hydrogen (secondary N) is 1. The van der Waals surface area contributed by atoms with Crippen LogP contribution in [0.15, 0.2) is 48.5 Å². The van der Waals surface area contributed by atoms with Crippen LogP contribution in [-0.4, -0.2) is 30.3 Å². The van der Waals surface area contributed by atoms with Crippen molar-refractivity contribution in [1.82, 2.24) is 5.32 Å². The van der Waals surface area contributed by atoms with E-state index >= 15 is 0 Å². The average Bonchev–Trinajstić information content (AvgIpc) is 3.10. The maximum absolute atomic E-state index is 12.4. The number of ether oxygens (including phenoxy) is 1. The van der Waals surface area contributed by atoms with Crippen molar-refractivity contribution in [2.75, 3.05) is 13.2 Å². The van der Waals surface area contributed by atoms with Gasteiger partial charge in [-0.15, -0.1) is 0 Å². The van der Waals surface area contributed by atoms with Gasteiger partial charge in [-0.3, -0.25) is 4.79 Å². The molecule has 5 nitrogen and oxygen atoms in total. The lowest BCUT2D eigenvalue weighted by molar-refractivity contribution is -0.142. The van der Waals surface area contributed by atoms with Crippen molar-refractivity contribution in [2.45, 2.75) is 44.9 Å². The molecule has 2 N–H and O–H groups in total. The number of carboxylic acids is 1. The Balaban J connectivity index is 1.33. The first-order valence-electron chi connectivity index (χ1n) is 11.4. The van der Waals surface area contributed by atoms with Crippen LogP contribution in [0.5, 0.6) is 0 Å².